The summed E-state index contributed by atoms with van der Waals surface area (Å²) in [5, 5.41) is 8.78. The minimum absolute atomic E-state index is 0.0636. The van der Waals surface area contributed by atoms with Gasteiger partial charge in [-0.05, 0) is 24.5 Å². The van der Waals surface area contributed by atoms with E-state index in [9.17, 15) is 9.59 Å². The highest BCUT2D eigenvalue weighted by molar-refractivity contribution is 5.89. The molecule has 0 radical (unpaired) electrons. The van der Waals surface area contributed by atoms with Crippen molar-refractivity contribution < 1.29 is 14.7 Å². The molecule has 1 fully saturated rings. The van der Waals surface area contributed by atoms with Crippen LogP contribution in [0.4, 0.5) is 0 Å². The summed E-state index contributed by atoms with van der Waals surface area (Å²) in [4.78, 5) is 28.2. The van der Waals surface area contributed by atoms with Crippen molar-refractivity contribution in [3.8, 4) is 0 Å². The van der Waals surface area contributed by atoms with E-state index in [1.807, 2.05) is 12.1 Å². The van der Waals surface area contributed by atoms with E-state index in [2.05, 4.69) is 4.98 Å². The molecule has 0 saturated heterocycles. The van der Waals surface area contributed by atoms with Gasteiger partial charge >= 0.3 is 5.97 Å². The number of carbonyl (C=O) groups excluding carboxylic acids is 1. The second kappa shape index (κ2) is 5.16. The first-order valence-electron chi connectivity index (χ1n) is 5.96. The highest BCUT2D eigenvalue weighted by atomic mass is 16.4. The second-order valence-electron chi connectivity index (χ2n) is 4.66. The van der Waals surface area contributed by atoms with Crippen LogP contribution in [0.5, 0.6) is 0 Å². The molecule has 1 aliphatic rings. The normalized spacial score (nSPS) is 21.4. The number of pyridine rings is 1. The summed E-state index contributed by atoms with van der Waals surface area (Å²) >= 11 is 0. The highest BCUT2D eigenvalue weighted by Gasteiger charge is 2.49. The number of amides is 1. The van der Waals surface area contributed by atoms with Gasteiger partial charge in [0.15, 0.2) is 0 Å². The van der Waals surface area contributed by atoms with Gasteiger partial charge in [-0.2, -0.15) is 0 Å². The van der Waals surface area contributed by atoms with Crippen LogP contribution in [-0.2, 0) is 16.0 Å². The number of rotatable bonds is 5. The molecular formula is C13H16N2O3. The van der Waals surface area contributed by atoms with E-state index < -0.39 is 11.9 Å². The summed E-state index contributed by atoms with van der Waals surface area (Å²) in [5.74, 6) is -1.72. The summed E-state index contributed by atoms with van der Waals surface area (Å²) < 4.78 is 0. The van der Waals surface area contributed by atoms with Crippen molar-refractivity contribution in [3.05, 3.63) is 30.1 Å². The van der Waals surface area contributed by atoms with Gasteiger partial charge in [-0.3, -0.25) is 14.6 Å². The van der Waals surface area contributed by atoms with E-state index in [-0.39, 0.29) is 11.8 Å². The minimum Gasteiger partial charge on any atom is -0.481 e. The zero-order valence-electron chi connectivity index (χ0n) is 10.2. The van der Waals surface area contributed by atoms with Gasteiger partial charge in [-0.25, -0.2) is 0 Å². The van der Waals surface area contributed by atoms with Crippen LogP contribution in [0.1, 0.15) is 12.0 Å². The molecule has 2 atom stereocenters. The van der Waals surface area contributed by atoms with Gasteiger partial charge in [0.2, 0.25) is 5.91 Å². The summed E-state index contributed by atoms with van der Waals surface area (Å²) in [6, 6.07) is 3.82. The number of carboxylic acids is 1. The SMILES string of the molecule is CN(CCc1cccnc1)C(=O)C1CC1C(=O)O. The molecule has 1 saturated carbocycles. The third-order valence-corrected chi connectivity index (χ3v) is 3.26. The summed E-state index contributed by atoms with van der Waals surface area (Å²) in [5.41, 5.74) is 1.07. The first-order valence-corrected chi connectivity index (χ1v) is 5.96. The standard InChI is InChI=1S/C13H16N2O3/c1-15(6-4-9-3-2-5-14-8-9)12(16)10-7-11(10)13(17)18/h2-3,5,8,10-11H,4,6-7H2,1H3,(H,17,18). The van der Waals surface area contributed by atoms with Crippen molar-refractivity contribution in [1.82, 2.24) is 9.88 Å². The van der Waals surface area contributed by atoms with Crippen LogP contribution in [0.15, 0.2) is 24.5 Å². The molecule has 1 amide bonds. The predicted molar refractivity (Wildman–Crippen MR) is 64.8 cm³/mol. The lowest BCUT2D eigenvalue weighted by Gasteiger charge is -2.16. The summed E-state index contributed by atoms with van der Waals surface area (Å²) in [7, 11) is 1.72. The molecule has 1 N–H and O–H groups in total. The van der Waals surface area contributed by atoms with Gasteiger partial charge in [0.25, 0.3) is 0 Å². The fourth-order valence-electron chi connectivity index (χ4n) is 1.98. The molecular weight excluding hydrogens is 232 g/mol. The number of hydrogen-bond donors (Lipinski definition) is 1. The Morgan fingerprint density at radius 3 is 2.83 bits per heavy atom. The average Bonchev–Trinajstić information content (AvgIpc) is 3.16. The Morgan fingerprint density at radius 1 is 1.50 bits per heavy atom. The molecule has 1 aromatic rings. The minimum atomic E-state index is -0.867. The molecule has 0 aromatic carbocycles. The van der Waals surface area contributed by atoms with Gasteiger partial charge in [0, 0.05) is 26.0 Å². The molecule has 2 rings (SSSR count). The quantitative estimate of drug-likeness (QED) is 0.836. The third kappa shape index (κ3) is 2.85. The molecule has 1 aromatic heterocycles. The van der Waals surface area contributed by atoms with Gasteiger partial charge in [-0.15, -0.1) is 0 Å². The molecule has 0 aliphatic heterocycles. The van der Waals surface area contributed by atoms with Crippen LogP contribution < -0.4 is 0 Å². The monoisotopic (exact) mass is 248 g/mol. The van der Waals surface area contributed by atoms with E-state index in [4.69, 9.17) is 5.11 Å². The van der Waals surface area contributed by atoms with Crippen molar-refractivity contribution >= 4 is 11.9 Å². The lowest BCUT2D eigenvalue weighted by molar-refractivity contribution is -0.141. The Labute approximate surface area is 105 Å². The maximum absolute atomic E-state index is 11.9. The van der Waals surface area contributed by atoms with Crippen molar-refractivity contribution in [1.29, 1.82) is 0 Å². The van der Waals surface area contributed by atoms with E-state index in [1.54, 1.807) is 24.3 Å². The fraction of sp³-hybridized carbons (Fsp3) is 0.462. The summed E-state index contributed by atoms with van der Waals surface area (Å²) in [6.45, 7) is 0.591. The van der Waals surface area contributed by atoms with Crippen molar-refractivity contribution in [2.45, 2.75) is 12.8 Å². The van der Waals surface area contributed by atoms with Crippen LogP contribution in [0.2, 0.25) is 0 Å². The zero-order valence-corrected chi connectivity index (χ0v) is 10.2. The Bertz CT molecular complexity index is 447. The van der Waals surface area contributed by atoms with Crippen LogP contribution >= 0.6 is 0 Å². The van der Waals surface area contributed by atoms with Crippen molar-refractivity contribution in [3.63, 3.8) is 0 Å². The van der Waals surface area contributed by atoms with Crippen LogP contribution in [0, 0.1) is 11.8 Å². The Balaban J connectivity index is 1.80. The van der Waals surface area contributed by atoms with Crippen LogP contribution in [-0.4, -0.2) is 40.5 Å². The Kier molecular flexibility index (Phi) is 3.60. The third-order valence-electron chi connectivity index (χ3n) is 3.26. The van der Waals surface area contributed by atoms with Crippen LogP contribution in [0.25, 0.3) is 0 Å². The lowest BCUT2D eigenvalue weighted by Crippen LogP contribution is -2.31. The predicted octanol–water partition coefficient (Wildman–Crippen LogP) is 0.803. The summed E-state index contributed by atoms with van der Waals surface area (Å²) in [6.07, 6.45) is 4.70. The molecule has 18 heavy (non-hydrogen) atoms. The smallest absolute Gasteiger partial charge is 0.307 e. The van der Waals surface area contributed by atoms with E-state index in [1.165, 1.54) is 0 Å². The molecule has 0 bridgehead atoms. The molecule has 96 valence electrons. The molecule has 5 nitrogen and oxygen atoms in total. The number of carboxylic acid groups (broad SMARTS) is 1. The lowest BCUT2D eigenvalue weighted by atomic mass is 10.2. The fourth-order valence-corrected chi connectivity index (χ4v) is 1.98. The maximum atomic E-state index is 11.9. The van der Waals surface area contributed by atoms with E-state index >= 15 is 0 Å². The number of nitrogens with zero attached hydrogens (tertiary/aromatic N) is 2. The number of carbonyl (C=O) groups is 2. The van der Waals surface area contributed by atoms with Gasteiger partial charge in [0.1, 0.15) is 0 Å². The van der Waals surface area contributed by atoms with Gasteiger partial charge < -0.3 is 10.0 Å². The molecule has 2 unspecified atom stereocenters. The maximum Gasteiger partial charge on any atom is 0.307 e. The average molecular weight is 248 g/mol. The largest absolute Gasteiger partial charge is 0.481 e. The Hall–Kier alpha value is -1.91. The van der Waals surface area contributed by atoms with Gasteiger partial charge in [-0.1, -0.05) is 6.07 Å². The first kappa shape index (κ1) is 12.5. The van der Waals surface area contributed by atoms with Gasteiger partial charge in [0.05, 0.1) is 11.8 Å². The van der Waals surface area contributed by atoms with Crippen molar-refractivity contribution in [2.75, 3.05) is 13.6 Å². The molecule has 5 heteroatoms. The van der Waals surface area contributed by atoms with Crippen LogP contribution in [0.3, 0.4) is 0 Å². The topological polar surface area (TPSA) is 70.5 Å². The number of hydrogen-bond acceptors (Lipinski definition) is 3. The highest BCUT2D eigenvalue weighted by Crippen LogP contribution is 2.39. The second-order valence-corrected chi connectivity index (χ2v) is 4.66. The van der Waals surface area contributed by atoms with E-state index in [0.717, 1.165) is 12.0 Å². The molecule has 1 aliphatic carbocycles. The number of aliphatic carboxylic acids is 1. The van der Waals surface area contributed by atoms with E-state index in [0.29, 0.717) is 13.0 Å². The first-order chi connectivity index (χ1) is 8.59. The van der Waals surface area contributed by atoms with Crippen molar-refractivity contribution in [2.24, 2.45) is 11.8 Å². The Morgan fingerprint density at radius 2 is 2.28 bits per heavy atom. The molecule has 1 heterocycles. The zero-order chi connectivity index (χ0) is 13.1. The number of likely N-dealkylation sites (N-methyl/N-ethyl adjacent to an activating group) is 1. The number of aromatic nitrogens is 1. The molecule has 0 spiro atoms.